The zero-order valence-corrected chi connectivity index (χ0v) is 10.7. The maximum Gasteiger partial charge on any atom is 0.239 e. The lowest BCUT2D eigenvalue weighted by molar-refractivity contribution is -0.129. The zero-order valence-electron chi connectivity index (χ0n) is 9.83. The van der Waals surface area contributed by atoms with E-state index in [4.69, 9.17) is 5.84 Å². The van der Waals surface area contributed by atoms with Crippen molar-refractivity contribution in [3.63, 3.8) is 0 Å². The van der Waals surface area contributed by atoms with Crippen LogP contribution >= 0.6 is 12.4 Å². The summed E-state index contributed by atoms with van der Waals surface area (Å²) in [6.07, 6.45) is 0.246. The Hall–Kier alpha value is -1.59. The lowest BCUT2D eigenvalue weighted by Gasteiger charge is -2.16. The molecule has 1 aliphatic heterocycles. The van der Waals surface area contributed by atoms with E-state index in [1.807, 2.05) is 30.3 Å². The third-order valence-corrected chi connectivity index (χ3v) is 2.94. The molecular weight excluding hydrogens is 254 g/mol. The van der Waals surface area contributed by atoms with E-state index >= 15 is 0 Å². The van der Waals surface area contributed by atoms with Gasteiger partial charge < -0.3 is 4.90 Å². The Morgan fingerprint density at radius 1 is 1.39 bits per heavy atom. The number of nitrogens with one attached hydrogen (secondary N) is 1. The maximum atomic E-state index is 11.7. The summed E-state index contributed by atoms with van der Waals surface area (Å²) in [5.74, 6) is 4.48. The number of nitrogens with two attached hydrogens (primary N) is 1. The third kappa shape index (κ3) is 3.21. The average Bonchev–Trinajstić information content (AvgIpc) is 2.71. The van der Waals surface area contributed by atoms with Crippen LogP contribution in [0.15, 0.2) is 30.3 Å². The minimum absolute atomic E-state index is 0. The van der Waals surface area contributed by atoms with Crippen LogP contribution < -0.4 is 11.3 Å². The normalized spacial score (nSPS) is 18.4. The molecule has 1 unspecified atom stereocenters. The van der Waals surface area contributed by atoms with E-state index in [9.17, 15) is 9.59 Å². The first kappa shape index (κ1) is 14.5. The van der Waals surface area contributed by atoms with Crippen LogP contribution in [0.4, 0.5) is 0 Å². The monoisotopic (exact) mass is 269 g/mol. The Labute approximate surface area is 112 Å². The molecule has 5 nitrogen and oxygen atoms in total. The number of carbonyl (C=O) groups is 2. The second kappa shape index (κ2) is 6.37. The number of hydrogen-bond acceptors (Lipinski definition) is 3. The molecule has 1 aromatic rings. The largest absolute Gasteiger partial charge is 0.338 e. The van der Waals surface area contributed by atoms with Gasteiger partial charge in [-0.05, 0) is 5.56 Å². The van der Waals surface area contributed by atoms with Crippen molar-refractivity contribution in [1.29, 1.82) is 0 Å². The molecule has 3 N–H and O–H groups in total. The van der Waals surface area contributed by atoms with Crippen molar-refractivity contribution in [1.82, 2.24) is 10.3 Å². The van der Waals surface area contributed by atoms with Gasteiger partial charge in [-0.2, -0.15) is 0 Å². The van der Waals surface area contributed by atoms with Crippen LogP contribution in [-0.2, 0) is 16.1 Å². The molecular formula is C12H16ClN3O2. The second-order valence-electron chi connectivity index (χ2n) is 4.17. The van der Waals surface area contributed by atoms with Gasteiger partial charge >= 0.3 is 0 Å². The van der Waals surface area contributed by atoms with Crippen LogP contribution in [0.3, 0.4) is 0 Å². The summed E-state index contributed by atoms with van der Waals surface area (Å²) in [6, 6.07) is 9.72. The molecule has 2 amide bonds. The number of hydrazine groups is 1. The first-order valence-electron chi connectivity index (χ1n) is 5.53. The maximum absolute atomic E-state index is 11.7. The van der Waals surface area contributed by atoms with Gasteiger partial charge in [0.25, 0.3) is 0 Å². The number of carbonyl (C=O) groups excluding carboxylic acids is 2. The van der Waals surface area contributed by atoms with Crippen LogP contribution in [0.2, 0.25) is 0 Å². The van der Waals surface area contributed by atoms with E-state index in [1.54, 1.807) is 4.90 Å². The molecule has 98 valence electrons. The molecule has 0 aliphatic carbocycles. The Morgan fingerprint density at radius 3 is 2.67 bits per heavy atom. The van der Waals surface area contributed by atoms with Gasteiger partial charge in [-0.25, -0.2) is 5.84 Å². The topological polar surface area (TPSA) is 75.4 Å². The number of rotatable bonds is 3. The summed E-state index contributed by atoms with van der Waals surface area (Å²) >= 11 is 0. The van der Waals surface area contributed by atoms with Crippen molar-refractivity contribution in [2.75, 3.05) is 6.54 Å². The molecule has 0 aromatic heterocycles. The van der Waals surface area contributed by atoms with Crippen LogP contribution in [0.25, 0.3) is 0 Å². The van der Waals surface area contributed by atoms with E-state index in [2.05, 4.69) is 5.43 Å². The Balaban J connectivity index is 0.00000162. The second-order valence-corrected chi connectivity index (χ2v) is 4.17. The quantitative estimate of drug-likeness (QED) is 0.475. The molecule has 1 saturated heterocycles. The van der Waals surface area contributed by atoms with Gasteiger partial charge in [0.1, 0.15) is 0 Å². The van der Waals surface area contributed by atoms with Crippen molar-refractivity contribution in [3.05, 3.63) is 35.9 Å². The summed E-state index contributed by atoms with van der Waals surface area (Å²) in [7, 11) is 0. The number of amides is 2. The van der Waals surface area contributed by atoms with Gasteiger partial charge in [-0.1, -0.05) is 30.3 Å². The standard InChI is InChI=1S/C12H15N3O2.ClH/c13-14-12(17)10-6-11(16)15(8-10)7-9-4-2-1-3-5-9;/h1-5,10H,6-8,13H2,(H,14,17);1H. The molecule has 18 heavy (non-hydrogen) atoms. The molecule has 0 saturated carbocycles. The Bertz CT molecular complexity index is 425. The van der Waals surface area contributed by atoms with Crippen molar-refractivity contribution in [2.24, 2.45) is 11.8 Å². The highest BCUT2D eigenvalue weighted by Crippen LogP contribution is 2.19. The molecule has 1 heterocycles. The van der Waals surface area contributed by atoms with E-state index in [-0.39, 0.29) is 36.6 Å². The van der Waals surface area contributed by atoms with E-state index in [0.29, 0.717) is 13.1 Å². The minimum atomic E-state index is -0.323. The molecule has 1 aliphatic rings. The highest BCUT2D eigenvalue weighted by atomic mass is 35.5. The summed E-state index contributed by atoms with van der Waals surface area (Å²) in [4.78, 5) is 24.7. The predicted octanol–water partition coefficient (Wildman–Crippen LogP) is 0.447. The van der Waals surface area contributed by atoms with Gasteiger partial charge in [-0.3, -0.25) is 15.0 Å². The first-order chi connectivity index (χ1) is 8.20. The molecule has 2 rings (SSSR count). The van der Waals surface area contributed by atoms with Crippen LogP contribution in [0.5, 0.6) is 0 Å². The van der Waals surface area contributed by atoms with Gasteiger partial charge in [0.2, 0.25) is 11.8 Å². The third-order valence-electron chi connectivity index (χ3n) is 2.94. The molecule has 1 atom stereocenters. The summed E-state index contributed by atoms with van der Waals surface area (Å²) in [5, 5.41) is 0. The summed E-state index contributed by atoms with van der Waals surface area (Å²) in [6.45, 7) is 0.991. The fourth-order valence-electron chi connectivity index (χ4n) is 2.02. The van der Waals surface area contributed by atoms with E-state index in [0.717, 1.165) is 5.56 Å². The van der Waals surface area contributed by atoms with Crippen molar-refractivity contribution in [3.8, 4) is 0 Å². The molecule has 1 fully saturated rings. The number of likely N-dealkylation sites (tertiary alicyclic amines) is 1. The van der Waals surface area contributed by atoms with Crippen LogP contribution in [-0.4, -0.2) is 23.3 Å². The van der Waals surface area contributed by atoms with Gasteiger partial charge in [-0.15, -0.1) is 12.4 Å². The van der Waals surface area contributed by atoms with Crippen molar-refractivity contribution in [2.45, 2.75) is 13.0 Å². The Morgan fingerprint density at radius 2 is 2.06 bits per heavy atom. The first-order valence-corrected chi connectivity index (χ1v) is 5.53. The fourth-order valence-corrected chi connectivity index (χ4v) is 2.02. The predicted molar refractivity (Wildman–Crippen MR) is 69.5 cm³/mol. The van der Waals surface area contributed by atoms with Gasteiger partial charge in [0.05, 0.1) is 5.92 Å². The number of nitrogens with zero attached hydrogens (tertiary/aromatic N) is 1. The van der Waals surface area contributed by atoms with Crippen molar-refractivity contribution >= 4 is 24.2 Å². The lowest BCUT2D eigenvalue weighted by Crippen LogP contribution is -2.37. The highest BCUT2D eigenvalue weighted by Gasteiger charge is 2.33. The van der Waals surface area contributed by atoms with Crippen molar-refractivity contribution < 1.29 is 9.59 Å². The SMILES string of the molecule is Cl.NNC(=O)C1CC(=O)N(Cc2ccccc2)C1. The smallest absolute Gasteiger partial charge is 0.239 e. The van der Waals surface area contributed by atoms with Gasteiger partial charge in [0, 0.05) is 19.5 Å². The fraction of sp³-hybridized carbons (Fsp3) is 0.333. The molecule has 0 bridgehead atoms. The molecule has 6 heteroatoms. The zero-order chi connectivity index (χ0) is 12.3. The summed E-state index contributed by atoms with van der Waals surface area (Å²) < 4.78 is 0. The van der Waals surface area contributed by atoms with Gasteiger partial charge in [0.15, 0.2) is 0 Å². The lowest BCUT2D eigenvalue weighted by atomic mass is 10.1. The van der Waals surface area contributed by atoms with E-state index in [1.165, 1.54) is 0 Å². The molecule has 0 radical (unpaired) electrons. The number of hydrogen-bond donors (Lipinski definition) is 2. The summed E-state index contributed by atoms with van der Waals surface area (Å²) in [5.41, 5.74) is 3.16. The highest BCUT2D eigenvalue weighted by molar-refractivity contribution is 5.88. The number of benzene rings is 1. The molecule has 0 spiro atoms. The van der Waals surface area contributed by atoms with Crippen LogP contribution in [0.1, 0.15) is 12.0 Å². The van der Waals surface area contributed by atoms with Crippen LogP contribution in [0, 0.1) is 5.92 Å². The minimum Gasteiger partial charge on any atom is -0.338 e. The Kier molecular flexibility index (Phi) is 5.12. The van der Waals surface area contributed by atoms with E-state index < -0.39 is 0 Å². The molecule has 1 aromatic carbocycles. The number of halogens is 1. The average molecular weight is 270 g/mol.